The first-order valence-electron chi connectivity index (χ1n) is 17.9. The van der Waals surface area contributed by atoms with Gasteiger partial charge < -0.3 is 9.47 Å². The third kappa shape index (κ3) is 6.72. The van der Waals surface area contributed by atoms with Gasteiger partial charge in [0.1, 0.15) is 31.9 Å². The van der Waals surface area contributed by atoms with Crippen molar-refractivity contribution >= 4 is 166 Å². The van der Waals surface area contributed by atoms with E-state index >= 15 is 0 Å². The lowest BCUT2D eigenvalue weighted by Crippen LogP contribution is -2.29. The van der Waals surface area contributed by atoms with E-state index in [1.54, 1.807) is 12.1 Å². The minimum absolute atomic E-state index is 0.0376. The molecule has 0 unspecified atom stereocenters. The number of benzene rings is 3. The fraction of sp³-hybridized carbons (Fsp3) is 0.150. The topological polar surface area (TPSA) is 128 Å². The van der Waals surface area contributed by atoms with Gasteiger partial charge >= 0.3 is 12.2 Å². The Labute approximate surface area is 357 Å². The summed E-state index contributed by atoms with van der Waals surface area (Å²) in [5.74, 6) is -0.546. The highest BCUT2D eigenvalue weighted by atomic mass is 32.2. The monoisotopic (exact) mass is 880 g/mol. The lowest BCUT2D eigenvalue weighted by molar-refractivity contribution is -0.120. The van der Waals surface area contributed by atoms with Crippen molar-refractivity contribution in [1.82, 2.24) is 18.9 Å². The van der Waals surface area contributed by atoms with Crippen molar-refractivity contribution in [3.8, 4) is 0 Å². The van der Waals surface area contributed by atoms with Gasteiger partial charge in [-0.15, -0.1) is 22.7 Å². The molecule has 6 heterocycles. The largest absolute Gasteiger partial charge is 0.444 e. The molecular weight excluding hydrogens is 853 g/mol. The number of amides is 2. The summed E-state index contributed by atoms with van der Waals surface area (Å²) in [6.07, 6.45) is -1.23. The minimum Gasteiger partial charge on any atom is -0.444 e. The quantitative estimate of drug-likeness (QED) is 0.136. The number of aliphatic imine (C=N–C) groups is 2. The smallest absolute Gasteiger partial charge is 0.419 e. The molecule has 4 aromatic heterocycles. The van der Waals surface area contributed by atoms with E-state index in [1.807, 2.05) is 86.6 Å². The number of aromatic nitrogens is 2. The maximum Gasteiger partial charge on any atom is 0.419 e. The Kier molecular flexibility index (Phi) is 10.2. The number of hydrogen-bond acceptors (Lipinski definition) is 14. The Morgan fingerprint density at radius 3 is 1.36 bits per heavy atom. The lowest BCUT2D eigenvalue weighted by atomic mass is 10.2. The minimum atomic E-state index is -0.616. The summed E-state index contributed by atoms with van der Waals surface area (Å²) in [7, 11) is 0. The second kappa shape index (κ2) is 15.5. The van der Waals surface area contributed by atoms with Crippen LogP contribution in [0.2, 0.25) is 0 Å². The van der Waals surface area contributed by atoms with Crippen LogP contribution in [0.25, 0.3) is 42.2 Å². The van der Waals surface area contributed by atoms with Crippen molar-refractivity contribution in [3.05, 3.63) is 96.1 Å². The summed E-state index contributed by atoms with van der Waals surface area (Å²) in [5.41, 5.74) is 3.77. The molecule has 2 saturated heterocycles. The molecule has 0 N–H and O–H groups in total. The van der Waals surface area contributed by atoms with Gasteiger partial charge in [-0.25, -0.2) is 28.7 Å². The maximum absolute atomic E-state index is 14.2. The molecule has 2 aliphatic heterocycles. The molecule has 2 amide bonds. The van der Waals surface area contributed by atoms with Crippen molar-refractivity contribution in [1.29, 1.82) is 0 Å². The molecule has 2 fully saturated rings. The van der Waals surface area contributed by atoms with Crippen molar-refractivity contribution in [2.45, 2.75) is 27.1 Å². The Morgan fingerprint density at radius 2 is 1.00 bits per heavy atom. The van der Waals surface area contributed by atoms with Gasteiger partial charge in [-0.05, 0) is 72.8 Å². The van der Waals surface area contributed by atoms with Crippen LogP contribution in [0.1, 0.15) is 25.0 Å². The van der Waals surface area contributed by atoms with Crippen LogP contribution >= 0.6 is 70.6 Å². The SMILES string of the molecule is CCN1C(=O)C(=Nc2cc3c(s2)c2cc4c(cc2n3C(=O)OCc2ccccc2)c2sc(N=C3SC(=S)N(CC)C3=O)cc2n4C(=O)OCc2ccccc2)SC1=S. The summed E-state index contributed by atoms with van der Waals surface area (Å²) in [5, 5.41) is 2.81. The van der Waals surface area contributed by atoms with Gasteiger partial charge in [-0.2, -0.15) is 0 Å². The fourth-order valence-electron chi connectivity index (χ4n) is 6.74. The number of carbonyl (C=O) groups is 4. The van der Waals surface area contributed by atoms with Crippen LogP contribution in [0.3, 0.4) is 0 Å². The average Bonchev–Trinajstić information content (AvgIpc) is 4.05. The highest BCUT2D eigenvalue weighted by Gasteiger charge is 2.34. The van der Waals surface area contributed by atoms with Crippen molar-refractivity contribution in [2.24, 2.45) is 9.98 Å². The molecule has 9 rings (SSSR count). The first kappa shape index (κ1) is 38.3. The standard InChI is InChI=1S/C40H28N6O6S6/c1-3-43-35(47)33(57-39(43)53)41-29-17-27-31(55-29)23-15-26-24(16-25(23)45(27)37(49)51-19-21-11-7-5-8-12-21)32-28(46(26)38(50)52-20-22-13-9-6-10-14-22)18-30(56-32)42-34-36(48)44(4-2)40(54)58-34/h5-18H,3-4,19-20H2,1-2H3. The summed E-state index contributed by atoms with van der Waals surface area (Å²) in [6.45, 7) is 4.63. The molecular formula is C40H28N6O6S6. The maximum atomic E-state index is 14.2. The second-order valence-corrected chi connectivity index (χ2v) is 18.2. The molecule has 0 saturated carbocycles. The van der Waals surface area contributed by atoms with Crippen LogP contribution in [-0.2, 0) is 32.3 Å². The number of hydrogen-bond donors (Lipinski definition) is 0. The van der Waals surface area contributed by atoms with Crippen LogP contribution in [-0.4, -0.2) is 74.8 Å². The zero-order chi connectivity index (χ0) is 40.2. The van der Waals surface area contributed by atoms with E-state index in [2.05, 4.69) is 9.98 Å². The number of thiophene rings is 2. The normalized spacial score (nSPS) is 16.2. The van der Waals surface area contributed by atoms with E-state index in [-0.39, 0.29) is 35.1 Å². The predicted octanol–water partition coefficient (Wildman–Crippen LogP) is 10.2. The highest BCUT2D eigenvalue weighted by molar-refractivity contribution is 8.35. The predicted molar refractivity (Wildman–Crippen MR) is 242 cm³/mol. The summed E-state index contributed by atoms with van der Waals surface area (Å²) in [4.78, 5) is 66.8. The fourth-order valence-corrected chi connectivity index (χ4v) is 11.5. The first-order valence-corrected chi connectivity index (χ1v) is 21.9. The zero-order valence-electron chi connectivity index (χ0n) is 30.5. The zero-order valence-corrected chi connectivity index (χ0v) is 35.4. The molecule has 0 aliphatic carbocycles. The van der Waals surface area contributed by atoms with Gasteiger partial charge in [0.2, 0.25) is 0 Å². The molecule has 290 valence electrons. The molecule has 0 atom stereocenters. The van der Waals surface area contributed by atoms with Gasteiger partial charge in [0.05, 0.1) is 31.5 Å². The summed E-state index contributed by atoms with van der Waals surface area (Å²) >= 11 is 15.7. The Balaban J connectivity index is 1.22. The number of thiocarbonyl (C=S) groups is 2. The molecule has 18 heteroatoms. The van der Waals surface area contributed by atoms with Gasteiger partial charge in [-0.1, -0.05) is 85.1 Å². The molecule has 12 nitrogen and oxygen atoms in total. The van der Waals surface area contributed by atoms with E-state index in [0.29, 0.717) is 74.0 Å². The number of nitrogens with zero attached hydrogens (tertiary/aromatic N) is 6. The van der Waals surface area contributed by atoms with E-state index in [9.17, 15) is 19.2 Å². The van der Waals surface area contributed by atoms with Crippen LogP contribution in [0, 0.1) is 0 Å². The van der Waals surface area contributed by atoms with Crippen LogP contribution in [0.4, 0.5) is 19.6 Å². The van der Waals surface area contributed by atoms with Crippen LogP contribution < -0.4 is 0 Å². The van der Waals surface area contributed by atoms with Gasteiger partial charge in [0, 0.05) is 23.9 Å². The van der Waals surface area contributed by atoms with Gasteiger partial charge in [0.25, 0.3) is 11.8 Å². The third-order valence-electron chi connectivity index (χ3n) is 9.46. The molecule has 58 heavy (non-hydrogen) atoms. The second-order valence-electron chi connectivity index (χ2n) is 12.9. The van der Waals surface area contributed by atoms with Crippen molar-refractivity contribution in [2.75, 3.05) is 13.1 Å². The van der Waals surface area contributed by atoms with E-state index in [4.69, 9.17) is 33.9 Å². The summed E-state index contributed by atoms with van der Waals surface area (Å²) < 4.78 is 17.1. The van der Waals surface area contributed by atoms with E-state index < -0.39 is 12.2 Å². The number of rotatable bonds is 8. The van der Waals surface area contributed by atoms with Crippen molar-refractivity contribution in [3.63, 3.8) is 0 Å². The molecule has 7 aromatic rings. The highest BCUT2D eigenvalue weighted by Crippen LogP contribution is 2.46. The third-order valence-corrected chi connectivity index (χ3v) is 14.2. The Hall–Kier alpha value is -5.24. The molecule has 0 spiro atoms. The van der Waals surface area contributed by atoms with Crippen molar-refractivity contribution < 1.29 is 28.7 Å². The average molecular weight is 881 g/mol. The molecule has 0 bridgehead atoms. The summed E-state index contributed by atoms with van der Waals surface area (Å²) in [6, 6.07) is 26.0. The van der Waals surface area contributed by atoms with E-state index in [1.165, 1.54) is 41.6 Å². The molecule has 0 radical (unpaired) electrons. The van der Waals surface area contributed by atoms with Crippen LogP contribution in [0.15, 0.2) is 94.9 Å². The van der Waals surface area contributed by atoms with Gasteiger partial charge in [-0.3, -0.25) is 19.4 Å². The number of fused-ring (bicyclic) bond motifs is 6. The molecule has 2 aliphatic rings. The number of carbonyl (C=O) groups excluding carboxylic acids is 4. The van der Waals surface area contributed by atoms with E-state index in [0.717, 1.165) is 34.7 Å². The lowest BCUT2D eigenvalue weighted by Gasteiger charge is -2.09. The number of thioether (sulfide) groups is 2. The Bertz CT molecular complexity index is 2760. The first-order chi connectivity index (χ1) is 28.1. The number of ether oxygens (including phenoxy) is 2. The molecule has 3 aromatic carbocycles. The Morgan fingerprint density at radius 1 is 0.603 bits per heavy atom. The van der Waals surface area contributed by atoms with Crippen LogP contribution in [0.5, 0.6) is 0 Å². The van der Waals surface area contributed by atoms with Gasteiger partial charge in [0.15, 0.2) is 10.1 Å².